The third-order valence-electron chi connectivity index (χ3n) is 11.0. The molecular formula is C54H46GeIrN4S2-2. The summed E-state index contributed by atoms with van der Waals surface area (Å²) in [4.78, 5) is 15.6. The van der Waals surface area contributed by atoms with Gasteiger partial charge in [0.15, 0.2) is 0 Å². The van der Waals surface area contributed by atoms with Crippen LogP contribution < -0.4 is 4.40 Å². The summed E-state index contributed by atoms with van der Waals surface area (Å²) in [5.74, 6) is 7.20. The standard InChI is InChI=1S/C35H20N3S2.C19H26GeN.Ir/c1-20-17-18-28(33-30(20)23-11-4-7-16-29(23)39-33)38-27-15-6-5-14-26(27)37-34(38)25-13-8-12-24-31-22-10-3-2-9-21(22)19-36-35(31)40-32(24)25;1-14(2)11-17-12-19(16-9-7-15(3)8-10-16)21-13-18(17)20(4,5)6;/h2-12,14-19H,1H3;7-9,12-14H,11H2,1-6H3;/q2*-1;/i;3D3,7D,8D,11D2;. The van der Waals surface area contributed by atoms with Crippen LogP contribution in [0.3, 0.4) is 0 Å². The summed E-state index contributed by atoms with van der Waals surface area (Å²) in [6, 6.07) is 43.1. The van der Waals surface area contributed by atoms with E-state index in [4.69, 9.17) is 19.6 Å². The molecule has 6 aromatic carbocycles. The molecule has 0 bridgehead atoms. The number of fused-ring (bicyclic) bond motifs is 9. The van der Waals surface area contributed by atoms with Crippen LogP contribution in [-0.4, -0.2) is 32.8 Å². The van der Waals surface area contributed by atoms with E-state index >= 15 is 0 Å². The molecule has 309 valence electrons. The van der Waals surface area contributed by atoms with Gasteiger partial charge in [0.05, 0.1) is 27.2 Å². The molecule has 11 rings (SSSR count). The van der Waals surface area contributed by atoms with Crippen molar-refractivity contribution in [1.29, 1.82) is 0 Å². The van der Waals surface area contributed by atoms with Gasteiger partial charge in [-0.2, -0.15) is 11.3 Å². The Bertz CT molecular complexity index is 3770. The maximum absolute atomic E-state index is 8.61. The first kappa shape index (κ1) is 34.5. The van der Waals surface area contributed by atoms with E-state index in [2.05, 4.69) is 137 Å². The van der Waals surface area contributed by atoms with E-state index in [0.717, 1.165) is 47.4 Å². The molecule has 0 saturated heterocycles. The molecule has 1 radical (unpaired) electrons. The zero-order valence-corrected chi connectivity index (χ0v) is 41.2. The normalized spacial score (nSPS) is 14.0. The summed E-state index contributed by atoms with van der Waals surface area (Å²) in [6.07, 6.45) is 2.14. The van der Waals surface area contributed by atoms with Crippen LogP contribution in [0.15, 0.2) is 134 Å². The molecule has 0 saturated carbocycles. The Morgan fingerprint density at radius 3 is 2.42 bits per heavy atom. The van der Waals surface area contributed by atoms with Crippen LogP contribution in [0.5, 0.6) is 0 Å². The van der Waals surface area contributed by atoms with Crippen LogP contribution >= 0.6 is 22.7 Å². The van der Waals surface area contributed by atoms with Gasteiger partial charge >= 0.3 is 141 Å². The van der Waals surface area contributed by atoms with Gasteiger partial charge < -0.3 is 4.57 Å². The minimum atomic E-state index is -2.55. The Hall–Kier alpha value is -5.02. The molecule has 5 heterocycles. The Labute approximate surface area is 397 Å². The average Bonchev–Trinajstić information content (AvgIpc) is 4.01. The zero-order chi connectivity index (χ0) is 48.0. The van der Waals surface area contributed by atoms with E-state index in [1.165, 1.54) is 48.0 Å². The van der Waals surface area contributed by atoms with E-state index in [1.807, 2.05) is 37.4 Å². The maximum Gasteiger partial charge on any atom is 0 e. The number of thiophene rings is 2. The topological polar surface area (TPSA) is 43.6 Å². The number of aromatic nitrogens is 4. The molecular weight excluding hydrogens is 1030 g/mol. The number of aryl methyl sites for hydroxylation is 1. The van der Waals surface area contributed by atoms with E-state index in [-0.39, 0.29) is 43.7 Å². The molecule has 0 aliphatic rings. The van der Waals surface area contributed by atoms with Crippen molar-refractivity contribution < 1.29 is 29.7 Å². The fourth-order valence-corrected chi connectivity index (χ4v) is 13.6. The van der Waals surface area contributed by atoms with Crippen LogP contribution in [0.25, 0.3) is 90.6 Å². The van der Waals surface area contributed by atoms with Crippen LogP contribution in [-0.2, 0) is 26.5 Å². The second-order valence-electron chi connectivity index (χ2n) is 16.7. The van der Waals surface area contributed by atoms with Crippen molar-refractivity contribution in [2.24, 2.45) is 5.92 Å². The van der Waals surface area contributed by atoms with Crippen molar-refractivity contribution in [3.63, 3.8) is 0 Å². The number of imidazole rings is 1. The number of pyridine rings is 2. The smallest absolute Gasteiger partial charge is 0 e. The van der Waals surface area contributed by atoms with Crippen LogP contribution in [0.4, 0.5) is 0 Å². The van der Waals surface area contributed by atoms with Crippen molar-refractivity contribution in [2.45, 2.75) is 51.3 Å². The zero-order valence-electron chi connectivity index (χ0n) is 42.1. The number of hydrogen-bond donors (Lipinski definition) is 0. The summed E-state index contributed by atoms with van der Waals surface area (Å²) >= 11 is 1.17. The van der Waals surface area contributed by atoms with Gasteiger partial charge in [0, 0.05) is 52.5 Å². The quantitative estimate of drug-likeness (QED) is 0.123. The fraction of sp³-hybridized carbons (Fsp3) is 0.167. The molecule has 0 aliphatic carbocycles. The predicted octanol–water partition coefficient (Wildman–Crippen LogP) is 14.7. The fourth-order valence-electron chi connectivity index (χ4n) is 8.24. The van der Waals surface area contributed by atoms with Crippen molar-refractivity contribution in [3.05, 3.63) is 162 Å². The van der Waals surface area contributed by atoms with Gasteiger partial charge in [0.1, 0.15) is 4.83 Å². The molecule has 8 heteroatoms. The van der Waals surface area contributed by atoms with Gasteiger partial charge in [-0.25, -0.2) is 4.98 Å². The van der Waals surface area contributed by atoms with Crippen molar-refractivity contribution >= 4 is 103 Å². The maximum atomic E-state index is 8.61. The van der Waals surface area contributed by atoms with E-state index < -0.39 is 26.5 Å². The van der Waals surface area contributed by atoms with Crippen molar-refractivity contribution in [2.75, 3.05) is 0 Å². The molecule has 0 amide bonds. The molecule has 5 aromatic heterocycles. The van der Waals surface area contributed by atoms with Crippen molar-refractivity contribution in [1.82, 2.24) is 19.5 Å². The van der Waals surface area contributed by atoms with Gasteiger partial charge in [-0.3, -0.25) is 4.98 Å². The van der Waals surface area contributed by atoms with Gasteiger partial charge in [-0.15, -0.1) is 29.5 Å². The molecule has 11 aromatic rings. The number of nitrogens with zero attached hydrogens (tertiary/aromatic N) is 4. The second kappa shape index (κ2) is 16.9. The van der Waals surface area contributed by atoms with E-state index in [9.17, 15) is 0 Å². The molecule has 4 nitrogen and oxygen atoms in total. The molecule has 62 heavy (non-hydrogen) atoms. The largest absolute Gasteiger partial charge is 0 e. The third-order valence-corrected chi connectivity index (χ3v) is 17.6. The first-order chi connectivity index (χ1) is 32.3. The number of benzene rings is 6. The monoisotopic (exact) mass is 1090 g/mol. The first-order valence-electron chi connectivity index (χ1n) is 23.9. The SMILES string of the molecule is Cc1ccc(-n2c(-c3[c-]ccc4c3sc3ncc5ccccc5c34)nc3ccccc32)c2sc3ccccc3c12.[2H]c1[c-]c(-c2cc(C([2H])([2H])C(C)C)[c]([Ge]([CH3])([CH3])[CH3])cn2)cc([2H])c1C([2H])([2H])[2H].[Ir]. The van der Waals surface area contributed by atoms with Crippen LogP contribution in [0.2, 0.25) is 17.3 Å². The van der Waals surface area contributed by atoms with Crippen molar-refractivity contribution in [3.8, 4) is 28.3 Å². The van der Waals surface area contributed by atoms with E-state index in [1.54, 1.807) is 23.6 Å². The average molecular weight is 1090 g/mol. The Balaban J connectivity index is 0.000000182. The minimum Gasteiger partial charge on any atom is 0 e. The summed E-state index contributed by atoms with van der Waals surface area (Å²) in [6.45, 7) is 3.32. The van der Waals surface area contributed by atoms with Crippen LogP contribution in [0.1, 0.15) is 40.1 Å². The summed E-state index contributed by atoms with van der Waals surface area (Å²) in [5.41, 5.74) is 6.50. The summed E-state index contributed by atoms with van der Waals surface area (Å²) in [7, 11) is 0. The number of para-hydroxylation sites is 2. The summed E-state index contributed by atoms with van der Waals surface area (Å²) < 4.78 is 62.9. The molecule has 0 aliphatic heterocycles. The van der Waals surface area contributed by atoms with Gasteiger partial charge in [0.25, 0.3) is 0 Å². The first-order valence-corrected chi connectivity index (χ1v) is 29.4. The van der Waals surface area contributed by atoms with Gasteiger partial charge in [-0.05, 0) is 46.8 Å². The van der Waals surface area contributed by atoms with Gasteiger partial charge in [-0.1, -0.05) is 71.6 Å². The molecule has 0 N–H and O–H groups in total. The van der Waals surface area contributed by atoms with Crippen LogP contribution in [0, 0.1) is 31.8 Å². The number of rotatable bonds is 6. The minimum absolute atomic E-state index is 0. The molecule has 0 atom stereocenters. The van der Waals surface area contributed by atoms with Gasteiger partial charge in [0.2, 0.25) is 0 Å². The second-order valence-corrected chi connectivity index (χ2v) is 29.3. The molecule has 0 spiro atoms. The van der Waals surface area contributed by atoms with E-state index in [0.29, 0.717) is 16.8 Å². The third kappa shape index (κ3) is 7.62. The predicted molar refractivity (Wildman–Crippen MR) is 266 cm³/mol. The Morgan fingerprint density at radius 2 is 1.61 bits per heavy atom. The Kier molecular flexibility index (Phi) is 9.41. The molecule has 0 unspecified atom stereocenters. The summed E-state index contributed by atoms with van der Waals surface area (Å²) in [5, 5.41) is 7.43. The molecule has 0 fully saturated rings. The number of hydrogen-bond acceptors (Lipinski definition) is 5. The Morgan fingerprint density at radius 1 is 0.823 bits per heavy atom.